The van der Waals surface area contributed by atoms with Crippen LogP contribution in [0.15, 0.2) is 17.0 Å². The first-order chi connectivity index (χ1) is 12.8. The van der Waals surface area contributed by atoms with Crippen LogP contribution in [-0.2, 0) is 14.3 Å². The van der Waals surface area contributed by atoms with Gasteiger partial charge in [-0.15, -0.1) is 0 Å². The van der Waals surface area contributed by atoms with E-state index in [1.165, 1.54) is 12.0 Å². The molecule has 0 spiro atoms. The number of benzene rings is 1. The van der Waals surface area contributed by atoms with Crippen LogP contribution in [0.5, 0.6) is 11.5 Å². The van der Waals surface area contributed by atoms with E-state index >= 15 is 0 Å². The Morgan fingerprint density at radius 1 is 1.33 bits per heavy atom. The van der Waals surface area contributed by atoms with Crippen LogP contribution in [0, 0.1) is 3.57 Å². The third-order valence-corrected chi connectivity index (χ3v) is 5.21. The molecule has 1 aliphatic rings. The van der Waals surface area contributed by atoms with E-state index in [9.17, 15) is 14.4 Å². The maximum Gasteiger partial charge on any atom is 0.344 e. The summed E-state index contributed by atoms with van der Waals surface area (Å²) >= 11 is 2.97. The molecule has 0 aliphatic carbocycles. The van der Waals surface area contributed by atoms with Crippen molar-refractivity contribution >= 4 is 57.5 Å². The topological polar surface area (TPSA) is 82.1 Å². The fourth-order valence-electron chi connectivity index (χ4n) is 2.37. The molecule has 7 nitrogen and oxygen atoms in total. The van der Waals surface area contributed by atoms with Crippen LogP contribution >= 0.6 is 34.4 Å². The molecule has 0 unspecified atom stereocenters. The van der Waals surface area contributed by atoms with Gasteiger partial charge in [-0.3, -0.25) is 14.5 Å². The van der Waals surface area contributed by atoms with Crippen LogP contribution < -0.4 is 9.47 Å². The number of hydrogen-bond donors (Lipinski definition) is 0. The highest BCUT2D eigenvalue weighted by Crippen LogP contribution is 2.37. The molecule has 1 aliphatic heterocycles. The first-order valence-corrected chi connectivity index (χ1v) is 10.1. The third-order valence-electron chi connectivity index (χ3n) is 3.53. The van der Waals surface area contributed by atoms with Gasteiger partial charge in [0, 0.05) is 6.04 Å². The quantitative estimate of drug-likeness (QED) is 0.318. The lowest BCUT2D eigenvalue weighted by Crippen LogP contribution is -2.34. The number of rotatable bonds is 7. The molecule has 1 saturated heterocycles. The van der Waals surface area contributed by atoms with Crippen LogP contribution in [0.4, 0.5) is 4.79 Å². The standard InChI is InChI=1S/C18H20INO6S/c1-5-25-15(21)9-26-16-12(19)6-11(7-13(16)24-4)8-14-17(22)20(10(2)3)18(23)27-14/h6-8,10H,5,9H2,1-4H3/b14-8+. The van der Waals surface area contributed by atoms with Gasteiger partial charge in [-0.05, 0) is 78.9 Å². The summed E-state index contributed by atoms with van der Waals surface area (Å²) in [5.74, 6) is 0.0533. The van der Waals surface area contributed by atoms with Crippen molar-refractivity contribution in [1.82, 2.24) is 4.90 Å². The minimum absolute atomic E-state index is 0.197. The summed E-state index contributed by atoms with van der Waals surface area (Å²) in [6.45, 7) is 5.35. The van der Waals surface area contributed by atoms with Gasteiger partial charge in [0.1, 0.15) is 0 Å². The normalized spacial score (nSPS) is 15.6. The number of carbonyl (C=O) groups is 3. The maximum absolute atomic E-state index is 12.4. The number of imide groups is 1. The molecule has 1 heterocycles. The highest BCUT2D eigenvalue weighted by molar-refractivity contribution is 14.1. The molecule has 0 atom stereocenters. The Bertz CT molecular complexity index is 792. The molecule has 1 aromatic rings. The highest BCUT2D eigenvalue weighted by Gasteiger charge is 2.36. The fraction of sp³-hybridized carbons (Fsp3) is 0.389. The van der Waals surface area contributed by atoms with Gasteiger partial charge < -0.3 is 14.2 Å². The average Bonchev–Trinajstić information content (AvgIpc) is 2.87. The van der Waals surface area contributed by atoms with Crippen molar-refractivity contribution < 1.29 is 28.6 Å². The summed E-state index contributed by atoms with van der Waals surface area (Å²) in [4.78, 5) is 37.5. The van der Waals surface area contributed by atoms with E-state index < -0.39 is 5.97 Å². The van der Waals surface area contributed by atoms with E-state index in [1.807, 2.05) is 0 Å². The first kappa shape index (κ1) is 21.5. The van der Waals surface area contributed by atoms with E-state index in [0.717, 1.165) is 11.8 Å². The predicted molar refractivity (Wildman–Crippen MR) is 111 cm³/mol. The van der Waals surface area contributed by atoms with Crippen LogP contribution in [0.1, 0.15) is 26.3 Å². The fourth-order valence-corrected chi connectivity index (χ4v) is 4.12. The maximum atomic E-state index is 12.4. The van der Waals surface area contributed by atoms with Gasteiger partial charge >= 0.3 is 5.97 Å². The van der Waals surface area contributed by atoms with E-state index in [0.29, 0.717) is 25.5 Å². The summed E-state index contributed by atoms with van der Waals surface area (Å²) in [5, 5.41) is -0.280. The SMILES string of the molecule is CCOC(=O)COc1c(I)cc(/C=C2/SC(=O)N(C(C)C)C2=O)cc1OC. The Morgan fingerprint density at radius 2 is 2.04 bits per heavy atom. The minimum Gasteiger partial charge on any atom is -0.493 e. The Hall–Kier alpha value is -1.75. The summed E-state index contributed by atoms with van der Waals surface area (Å²) in [6, 6.07) is 3.27. The first-order valence-electron chi connectivity index (χ1n) is 8.21. The number of ether oxygens (including phenoxy) is 3. The van der Waals surface area contributed by atoms with Crippen LogP contribution in [0.25, 0.3) is 6.08 Å². The smallest absolute Gasteiger partial charge is 0.344 e. The number of thioether (sulfide) groups is 1. The van der Waals surface area contributed by atoms with Crippen molar-refractivity contribution in [2.45, 2.75) is 26.8 Å². The van der Waals surface area contributed by atoms with Crippen molar-refractivity contribution in [2.24, 2.45) is 0 Å². The number of esters is 1. The molecule has 0 radical (unpaired) electrons. The molecule has 27 heavy (non-hydrogen) atoms. The molecule has 0 aromatic heterocycles. The molecule has 2 rings (SSSR count). The molecule has 0 N–H and O–H groups in total. The number of carbonyl (C=O) groups excluding carboxylic acids is 3. The van der Waals surface area contributed by atoms with E-state index in [4.69, 9.17) is 14.2 Å². The van der Waals surface area contributed by atoms with E-state index in [-0.39, 0.29) is 30.4 Å². The van der Waals surface area contributed by atoms with E-state index in [2.05, 4.69) is 22.6 Å². The largest absolute Gasteiger partial charge is 0.493 e. The Balaban J connectivity index is 2.27. The van der Waals surface area contributed by atoms with Gasteiger partial charge in [-0.1, -0.05) is 0 Å². The number of methoxy groups -OCH3 is 1. The van der Waals surface area contributed by atoms with Crippen molar-refractivity contribution in [3.8, 4) is 11.5 Å². The lowest BCUT2D eigenvalue weighted by molar-refractivity contribution is -0.145. The van der Waals surface area contributed by atoms with Crippen LogP contribution in [-0.4, -0.2) is 48.4 Å². The Kier molecular flexibility index (Phi) is 7.54. The second-order valence-electron chi connectivity index (χ2n) is 5.77. The number of hydrogen-bond acceptors (Lipinski definition) is 7. The van der Waals surface area contributed by atoms with Gasteiger partial charge in [0.25, 0.3) is 11.1 Å². The highest BCUT2D eigenvalue weighted by atomic mass is 127. The zero-order valence-electron chi connectivity index (χ0n) is 15.4. The average molecular weight is 505 g/mol. The number of amides is 2. The summed E-state index contributed by atoms with van der Waals surface area (Å²) in [5.41, 5.74) is 0.689. The number of nitrogens with zero attached hydrogens (tertiary/aromatic N) is 1. The van der Waals surface area contributed by atoms with Crippen molar-refractivity contribution in [1.29, 1.82) is 0 Å². The molecule has 1 aromatic carbocycles. The molecular weight excluding hydrogens is 485 g/mol. The summed E-state index contributed by atoms with van der Waals surface area (Å²) < 4.78 is 16.4. The van der Waals surface area contributed by atoms with Crippen LogP contribution in [0.3, 0.4) is 0 Å². The molecule has 1 fully saturated rings. The molecular formula is C18H20INO6S. The van der Waals surface area contributed by atoms with Gasteiger partial charge in [0.15, 0.2) is 18.1 Å². The molecule has 9 heteroatoms. The summed E-state index contributed by atoms with van der Waals surface area (Å²) in [6.07, 6.45) is 1.65. The van der Waals surface area contributed by atoms with Crippen molar-refractivity contribution in [2.75, 3.05) is 20.3 Å². The third kappa shape index (κ3) is 5.16. The Labute approximate surface area is 175 Å². The molecule has 0 bridgehead atoms. The second kappa shape index (κ2) is 9.45. The van der Waals surface area contributed by atoms with Crippen LogP contribution in [0.2, 0.25) is 0 Å². The van der Waals surface area contributed by atoms with Gasteiger partial charge in [-0.25, -0.2) is 4.79 Å². The zero-order chi connectivity index (χ0) is 20.1. The summed E-state index contributed by atoms with van der Waals surface area (Å²) in [7, 11) is 1.49. The van der Waals surface area contributed by atoms with Crippen molar-refractivity contribution in [3.05, 3.63) is 26.2 Å². The number of halogens is 1. The monoisotopic (exact) mass is 505 g/mol. The lowest BCUT2D eigenvalue weighted by atomic mass is 10.1. The minimum atomic E-state index is -0.471. The molecule has 146 valence electrons. The molecule has 2 amide bonds. The van der Waals surface area contributed by atoms with Gasteiger partial charge in [-0.2, -0.15) is 0 Å². The lowest BCUT2D eigenvalue weighted by Gasteiger charge is -2.16. The Morgan fingerprint density at radius 3 is 2.59 bits per heavy atom. The van der Waals surface area contributed by atoms with Crippen molar-refractivity contribution in [3.63, 3.8) is 0 Å². The predicted octanol–water partition coefficient (Wildman–Crippen LogP) is 3.69. The van der Waals surface area contributed by atoms with Gasteiger partial charge in [0.05, 0.1) is 22.2 Å². The second-order valence-corrected chi connectivity index (χ2v) is 7.93. The van der Waals surface area contributed by atoms with Gasteiger partial charge in [0.2, 0.25) is 0 Å². The zero-order valence-corrected chi connectivity index (χ0v) is 18.4. The molecule has 0 saturated carbocycles. The van der Waals surface area contributed by atoms with E-state index in [1.54, 1.807) is 39.0 Å².